The number of carbonyl (C=O) groups is 2. The molecule has 0 saturated carbocycles. The van der Waals surface area contributed by atoms with E-state index in [4.69, 9.17) is 16.3 Å². The fourth-order valence-corrected chi connectivity index (χ4v) is 2.22. The van der Waals surface area contributed by atoms with Crippen molar-refractivity contribution in [3.05, 3.63) is 34.9 Å². The standard InChI is InChI=1S/C13H14BrClO3/c1-3-18-13(17)11-9(7-15)5-4-6-10(11)12(14)8(2)16/h4-6,12H,3,7H2,1-2H3. The summed E-state index contributed by atoms with van der Waals surface area (Å²) in [6, 6.07) is 5.25. The Kier molecular flexibility index (Phi) is 5.82. The van der Waals surface area contributed by atoms with Crippen LogP contribution >= 0.6 is 27.5 Å². The van der Waals surface area contributed by atoms with Crippen molar-refractivity contribution in [2.45, 2.75) is 24.6 Å². The van der Waals surface area contributed by atoms with E-state index in [0.29, 0.717) is 16.7 Å². The van der Waals surface area contributed by atoms with E-state index in [0.717, 1.165) is 0 Å². The van der Waals surface area contributed by atoms with E-state index in [1.807, 2.05) is 0 Å². The van der Waals surface area contributed by atoms with Gasteiger partial charge < -0.3 is 4.74 Å². The van der Waals surface area contributed by atoms with E-state index >= 15 is 0 Å². The second-order valence-electron chi connectivity index (χ2n) is 3.71. The molecule has 0 bridgehead atoms. The average Bonchev–Trinajstić information content (AvgIpc) is 2.36. The molecule has 0 N–H and O–H groups in total. The number of benzene rings is 1. The molecule has 98 valence electrons. The SMILES string of the molecule is CCOC(=O)c1c(CCl)cccc1C(Br)C(C)=O. The minimum atomic E-state index is -0.528. The highest BCUT2D eigenvalue weighted by atomic mass is 79.9. The van der Waals surface area contributed by atoms with Crippen LogP contribution < -0.4 is 0 Å². The van der Waals surface area contributed by atoms with Crippen LogP contribution in [0.2, 0.25) is 0 Å². The lowest BCUT2D eigenvalue weighted by atomic mass is 9.98. The Morgan fingerprint density at radius 1 is 1.44 bits per heavy atom. The van der Waals surface area contributed by atoms with Crippen LogP contribution in [0.4, 0.5) is 0 Å². The van der Waals surface area contributed by atoms with Crippen LogP contribution in [-0.4, -0.2) is 18.4 Å². The predicted octanol–water partition coefficient (Wildman–Crippen LogP) is 3.63. The maximum Gasteiger partial charge on any atom is 0.338 e. The Morgan fingerprint density at radius 2 is 2.11 bits per heavy atom. The van der Waals surface area contributed by atoms with Crippen molar-refractivity contribution in [1.29, 1.82) is 0 Å². The Bertz CT molecular complexity index is 460. The Labute approximate surface area is 120 Å². The number of carbonyl (C=O) groups excluding carboxylic acids is 2. The molecule has 1 unspecified atom stereocenters. The van der Waals surface area contributed by atoms with E-state index in [-0.39, 0.29) is 18.3 Å². The number of esters is 1. The zero-order valence-electron chi connectivity index (χ0n) is 10.2. The van der Waals surface area contributed by atoms with Gasteiger partial charge in [0.15, 0.2) is 0 Å². The summed E-state index contributed by atoms with van der Waals surface area (Å²) in [5.74, 6) is -0.332. The van der Waals surface area contributed by atoms with Crippen molar-refractivity contribution in [3.8, 4) is 0 Å². The molecule has 0 saturated heterocycles. The molecule has 0 radical (unpaired) electrons. The van der Waals surface area contributed by atoms with Crippen molar-refractivity contribution < 1.29 is 14.3 Å². The fraction of sp³-hybridized carbons (Fsp3) is 0.385. The van der Waals surface area contributed by atoms with Crippen LogP contribution in [0.5, 0.6) is 0 Å². The van der Waals surface area contributed by atoms with Crippen molar-refractivity contribution in [2.75, 3.05) is 6.61 Å². The van der Waals surface area contributed by atoms with Crippen LogP contribution in [0, 0.1) is 0 Å². The largest absolute Gasteiger partial charge is 0.462 e. The van der Waals surface area contributed by atoms with Crippen LogP contribution in [-0.2, 0) is 15.4 Å². The van der Waals surface area contributed by atoms with Gasteiger partial charge in [-0.05, 0) is 25.0 Å². The minimum absolute atomic E-state index is 0.0766. The van der Waals surface area contributed by atoms with Crippen LogP contribution in [0.15, 0.2) is 18.2 Å². The molecule has 1 aromatic rings. The van der Waals surface area contributed by atoms with Crippen LogP contribution in [0.1, 0.15) is 40.2 Å². The maximum atomic E-state index is 12.0. The van der Waals surface area contributed by atoms with Crippen LogP contribution in [0.3, 0.4) is 0 Å². The van der Waals surface area contributed by atoms with Crippen molar-refractivity contribution in [1.82, 2.24) is 0 Å². The monoisotopic (exact) mass is 332 g/mol. The van der Waals surface area contributed by atoms with Gasteiger partial charge in [-0.25, -0.2) is 4.79 Å². The first kappa shape index (κ1) is 15.2. The van der Waals surface area contributed by atoms with Gasteiger partial charge in [-0.3, -0.25) is 4.79 Å². The molecular weight excluding hydrogens is 319 g/mol. The quantitative estimate of drug-likeness (QED) is 0.610. The highest BCUT2D eigenvalue weighted by molar-refractivity contribution is 9.09. The number of ketones is 1. The summed E-state index contributed by atoms with van der Waals surface area (Å²) in [5.41, 5.74) is 1.64. The van der Waals surface area contributed by atoms with Gasteiger partial charge in [0.25, 0.3) is 0 Å². The molecule has 0 fully saturated rings. The van der Waals surface area contributed by atoms with Gasteiger partial charge >= 0.3 is 5.97 Å². The predicted molar refractivity (Wildman–Crippen MR) is 74.3 cm³/mol. The first-order valence-electron chi connectivity index (χ1n) is 5.52. The van der Waals surface area contributed by atoms with E-state index in [1.165, 1.54) is 6.92 Å². The van der Waals surface area contributed by atoms with Crippen molar-refractivity contribution in [3.63, 3.8) is 0 Å². The van der Waals surface area contributed by atoms with Gasteiger partial charge in [0.05, 0.1) is 17.0 Å². The number of rotatable bonds is 5. The number of ether oxygens (including phenoxy) is 1. The summed E-state index contributed by atoms with van der Waals surface area (Å²) in [7, 11) is 0. The second-order valence-corrected chi connectivity index (χ2v) is 4.89. The van der Waals surface area contributed by atoms with Gasteiger partial charge in [0.1, 0.15) is 5.78 Å². The second kappa shape index (κ2) is 6.90. The molecule has 1 atom stereocenters. The molecule has 0 aliphatic rings. The zero-order valence-corrected chi connectivity index (χ0v) is 12.5. The Balaban J connectivity index is 3.33. The molecule has 1 aromatic carbocycles. The number of hydrogen-bond acceptors (Lipinski definition) is 3. The number of hydrogen-bond donors (Lipinski definition) is 0. The van der Waals surface area contributed by atoms with E-state index < -0.39 is 10.8 Å². The van der Waals surface area contributed by atoms with E-state index in [1.54, 1.807) is 25.1 Å². The summed E-state index contributed by atoms with van der Waals surface area (Å²) in [4.78, 5) is 22.9. The summed E-state index contributed by atoms with van der Waals surface area (Å²) in [6.45, 7) is 3.47. The molecule has 0 aliphatic heterocycles. The van der Waals surface area contributed by atoms with Gasteiger partial charge in [0, 0.05) is 5.88 Å². The fourth-order valence-electron chi connectivity index (χ4n) is 1.61. The molecule has 0 heterocycles. The topological polar surface area (TPSA) is 43.4 Å². The highest BCUT2D eigenvalue weighted by Gasteiger charge is 2.23. The summed E-state index contributed by atoms with van der Waals surface area (Å²) < 4.78 is 5.01. The van der Waals surface area contributed by atoms with E-state index in [2.05, 4.69) is 15.9 Å². The molecule has 0 amide bonds. The number of alkyl halides is 2. The Hall–Kier alpha value is -0.870. The minimum Gasteiger partial charge on any atom is -0.462 e. The summed E-state index contributed by atoms with van der Waals surface area (Å²) in [6.07, 6.45) is 0. The number of halogens is 2. The number of Topliss-reactive ketones (excluding diaryl/α,β-unsaturated/α-hetero) is 1. The summed E-state index contributed by atoms with van der Waals surface area (Å²) >= 11 is 9.11. The molecule has 0 aromatic heterocycles. The third-order valence-electron chi connectivity index (χ3n) is 2.44. The normalized spacial score (nSPS) is 12.0. The molecular formula is C13H14BrClO3. The first-order chi connectivity index (χ1) is 8.52. The highest BCUT2D eigenvalue weighted by Crippen LogP contribution is 2.30. The maximum absolute atomic E-state index is 12.0. The smallest absolute Gasteiger partial charge is 0.338 e. The lowest BCUT2D eigenvalue weighted by molar-refractivity contribution is -0.116. The average molecular weight is 334 g/mol. The molecule has 5 heteroatoms. The Morgan fingerprint density at radius 3 is 2.61 bits per heavy atom. The molecule has 0 spiro atoms. The lowest BCUT2D eigenvalue weighted by Gasteiger charge is -2.15. The van der Waals surface area contributed by atoms with Crippen molar-refractivity contribution >= 4 is 39.3 Å². The molecule has 18 heavy (non-hydrogen) atoms. The molecule has 3 nitrogen and oxygen atoms in total. The first-order valence-corrected chi connectivity index (χ1v) is 6.97. The zero-order chi connectivity index (χ0) is 13.7. The third kappa shape index (κ3) is 3.33. The van der Waals surface area contributed by atoms with Crippen molar-refractivity contribution in [2.24, 2.45) is 0 Å². The van der Waals surface area contributed by atoms with E-state index in [9.17, 15) is 9.59 Å². The van der Waals surface area contributed by atoms with Gasteiger partial charge in [-0.1, -0.05) is 34.1 Å². The van der Waals surface area contributed by atoms with Gasteiger partial charge in [0.2, 0.25) is 0 Å². The molecule has 0 aliphatic carbocycles. The van der Waals surface area contributed by atoms with Gasteiger partial charge in [-0.15, -0.1) is 11.6 Å². The van der Waals surface area contributed by atoms with Crippen LogP contribution in [0.25, 0.3) is 0 Å². The third-order valence-corrected chi connectivity index (χ3v) is 3.86. The molecule has 1 rings (SSSR count). The van der Waals surface area contributed by atoms with Gasteiger partial charge in [-0.2, -0.15) is 0 Å². The summed E-state index contributed by atoms with van der Waals surface area (Å²) in [5, 5.41) is 0. The lowest BCUT2D eigenvalue weighted by Crippen LogP contribution is -2.14.